The van der Waals surface area contributed by atoms with E-state index in [1.54, 1.807) is 11.3 Å². The molecule has 0 spiro atoms. The summed E-state index contributed by atoms with van der Waals surface area (Å²) in [7, 11) is 0. The van der Waals surface area contributed by atoms with E-state index in [-0.39, 0.29) is 6.04 Å². The number of nitrogens with one attached hydrogen (secondary N) is 1. The van der Waals surface area contributed by atoms with E-state index >= 15 is 0 Å². The van der Waals surface area contributed by atoms with Gasteiger partial charge in [0, 0.05) is 24.0 Å². The van der Waals surface area contributed by atoms with Crippen molar-refractivity contribution in [1.29, 1.82) is 0 Å². The number of halogens is 1. The van der Waals surface area contributed by atoms with Crippen LogP contribution in [0.1, 0.15) is 11.8 Å². The van der Waals surface area contributed by atoms with E-state index < -0.39 is 0 Å². The van der Waals surface area contributed by atoms with Crippen molar-refractivity contribution in [1.82, 2.24) is 5.32 Å². The Morgan fingerprint density at radius 2 is 2.42 bits per heavy atom. The average molecular weight is 205 g/mol. The van der Waals surface area contributed by atoms with Crippen molar-refractivity contribution in [3.05, 3.63) is 21.3 Å². The van der Waals surface area contributed by atoms with Gasteiger partial charge in [0.25, 0.3) is 0 Å². The number of thiophene rings is 1. The molecule has 0 aliphatic carbocycles. The second-order valence-corrected chi connectivity index (χ2v) is 4.61. The molecule has 0 saturated carbocycles. The fourth-order valence-corrected chi connectivity index (χ4v) is 1.93. The van der Waals surface area contributed by atoms with Crippen LogP contribution in [0.3, 0.4) is 0 Å². The van der Waals surface area contributed by atoms with E-state index in [4.69, 9.17) is 17.3 Å². The van der Waals surface area contributed by atoms with Crippen molar-refractivity contribution < 1.29 is 0 Å². The summed E-state index contributed by atoms with van der Waals surface area (Å²) in [6, 6.07) is 4.15. The Morgan fingerprint density at radius 3 is 2.92 bits per heavy atom. The van der Waals surface area contributed by atoms with E-state index in [1.807, 2.05) is 19.1 Å². The van der Waals surface area contributed by atoms with Gasteiger partial charge >= 0.3 is 0 Å². The molecule has 0 bridgehead atoms. The molecule has 1 aromatic heterocycles. The number of hydrogen-bond donors (Lipinski definition) is 2. The molecular weight excluding hydrogens is 192 g/mol. The second-order valence-electron chi connectivity index (χ2n) is 2.81. The van der Waals surface area contributed by atoms with E-state index in [2.05, 4.69) is 5.32 Å². The predicted octanol–water partition coefficient (Wildman–Crippen LogP) is 1.84. The lowest BCUT2D eigenvalue weighted by atomic mass is 10.3. The molecule has 12 heavy (non-hydrogen) atoms. The largest absolute Gasteiger partial charge is 0.327 e. The van der Waals surface area contributed by atoms with Crippen LogP contribution < -0.4 is 11.1 Å². The fourth-order valence-electron chi connectivity index (χ4n) is 0.870. The summed E-state index contributed by atoms with van der Waals surface area (Å²) in [6.45, 7) is 3.68. The molecule has 0 aromatic carbocycles. The minimum absolute atomic E-state index is 0.209. The van der Waals surface area contributed by atoms with E-state index in [0.29, 0.717) is 0 Å². The minimum Gasteiger partial charge on any atom is -0.327 e. The number of rotatable bonds is 4. The highest BCUT2D eigenvalue weighted by Gasteiger charge is 1.97. The Hall–Kier alpha value is -0.0900. The van der Waals surface area contributed by atoms with Gasteiger partial charge < -0.3 is 11.1 Å². The minimum atomic E-state index is 0.209. The van der Waals surface area contributed by atoms with Crippen LogP contribution in [0.2, 0.25) is 4.34 Å². The first-order valence-corrected chi connectivity index (χ1v) is 5.08. The zero-order valence-electron chi connectivity index (χ0n) is 7.01. The molecule has 0 saturated heterocycles. The summed E-state index contributed by atoms with van der Waals surface area (Å²) < 4.78 is 0.840. The van der Waals surface area contributed by atoms with Crippen LogP contribution in [0.25, 0.3) is 0 Å². The van der Waals surface area contributed by atoms with E-state index in [0.717, 1.165) is 17.4 Å². The van der Waals surface area contributed by atoms with Gasteiger partial charge in [0.1, 0.15) is 0 Å². The molecule has 1 aromatic rings. The lowest BCUT2D eigenvalue weighted by molar-refractivity contribution is 0.612. The zero-order valence-corrected chi connectivity index (χ0v) is 8.58. The van der Waals surface area contributed by atoms with Crippen LogP contribution in [0, 0.1) is 0 Å². The Labute approximate surface area is 81.7 Å². The van der Waals surface area contributed by atoms with Gasteiger partial charge in [-0.25, -0.2) is 0 Å². The first-order valence-electron chi connectivity index (χ1n) is 3.89. The average Bonchev–Trinajstić information content (AvgIpc) is 2.35. The summed E-state index contributed by atoms with van der Waals surface area (Å²) in [5, 5.41) is 3.24. The topological polar surface area (TPSA) is 38.0 Å². The molecule has 0 aliphatic heterocycles. The van der Waals surface area contributed by atoms with Gasteiger partial charge in [0.15, 0.2) is 0 Å². The summed E-state index contributed by atoms with van der Waals surface area (Å²) in [5.41, 5.74) is 5.58. The molecule has 4 heteroatoms. The molecular formula is C8H13ClN2S. The summed E-state index contributed by atoms with van der Waals surface area (Å²) >= 11 is 7.37. The lowest BCUT2D eigenvalue weighted by Gasteiger charge is -2.05. The molecule has 0 amide bonds. The van der Waals surface area contributed by atoms with Gasteiger partial charge in [-0.2, -0.15) is 0 Å². The Bertz CT molecular complexity index is 235. The van der Waals surface area contributed by atoms with Crippen LogP contribution in [-0.2, 0) is 6.54 Å². The lowest BCUT2D eigenvalue weighted by Crippen LogP contribution is -2.30. The first kappa shape index (κ1) is 9.99. The third-order valence-electron chi connectivity index (χ3n) is 1.39. The monoisotopic (exact) mass is 204 g/mol. The summed E-state index contributed by atoms with van der Waals surface area (Å²) in [4.78, 5) is 1.25. The zero-order chi connectivity index (χ0) is 8.97. The molecule has 68 valence electrons. The molecule has 2 nitrogen and oxygen atoms in total. The summed E-state index contributed by atoms with van der Waals surface area (Å²) in [5.74, 6) is 0. The number of nitrogens with two attached hydrogens (primary N) is 1. The van der Waals surface area contributed by atoms with Gasteiger partial charge in [-0.1, -0.05) is 11.6 Å². The van der Waals surface area contributed by atoms with Crippen LogP contribution >= 0.6 is 22.9 Å². The second kappa shape index (κ2) is 4.82. The normalized spacial score (nSPS) is 13.2. The van der Waals surface area contributed by atoms with Crippen LogP contribution in [0.5, 0.6) is 0 Å². The van der Waals surface area contributed by atoms with Crippen LogP contribution in [0.15, 0.2) is 12.1 Å². The third-order valence-corrected chi connectivity index (χ3v) is 2.63. The molecule has 3 N–H and O–H groups in total. The predicted molar refractivity (Wildman–Crippen MR) is 54.7 cm³/mol. The highest BCUT2D eigenvalue weighted by molar-refractivity contribution is 7.16. The van der Waals surface area contributed by atoms with Crippen molar-refractivity contribution in [3.8, 4) is 0 Å². The molecule has 1 heterocycles. The Balaban J connectivity index is 2.24. The van der Waals surface area contributed by atoms with Gasteiger partial charge in [0.2, 0.25) is 0 Å². The van der Waals surface area contributed by atoms with Crippen molar-refractivity contribution in [2.24, 2.45) is 5.73 Å². The maximum absolute atomic E-state index is 5.77. The molecule has 1 unspecified atom stereocenters. The fraction of sp³-hybridized carbons (Fsp3) is 0.500. The van der Waals surface area contributed by atoms with Gasteiger partial charge in [0.05, 0.1) is 4.34 Å². The molecule has 1 rings (SSSR count). The molecule has 0 radical (unpaired) electrons. The van der Waals surface area contributed by atoms with E-state index in [1.165, 1.54) is 4.88 Å². The smallest absolute Gasteiger partial charge is 0.0931 e. The van der Waals surface area contributed by atoms with Crippen molar-refractivity contribution in [2.45, 2.75) is 19.5 Å². The standard InChI is InChI=1S/C8H13ClN2S/c1-6(10)4-11-5-7-2-3-8(9)12-7/h2-3,6,11H,4-5,10H2,1H3. The first-order chi connectivity index (χ1) is 5.68. The molecule has 0 aliphatic rings. The van der Waals surface area contributed by atoms with Gasteiger partial charge in [-0.3, -0.25) is 0 Å². The maximum atomic E-state index is 5.77. The highest BCUT2D eigenvalue weighted by atomic mass is 35.5. The SMILES string of the molecule is CC(N)CNCc1ccc(Cl)s1. The Morgan fingerprint density at radius 1 is 1.67 bits per heavy atom. The van der Waals surface area contributed by atoms with Crippen molar-refractivity contribution >= 4 is 22.9 Å². The summed E-state index contributed by atoms with van der Waals surface area (Å²) in [6.07, 6.45) is 0. The van der Waals surface area contributed by atoms with Crippen LogP contribution in [-0.4, -0.2) is 12.6 Å². The maximum Gasteiger partial charge on any atom is 0.0931 e. The highest BCUT2D eigenvalue weighted by Crippen LogP contribution is 2.20. The molecule has 1 atom stereocenters. The van der Waals surface area contributed by atoms with E-state index in [9.17, 15) is 0 Å². The molecule has 0 fully saturated rings. The third kappa shape index (κ3) is 3.54. The number of hydrogen-bond acceptors (Lipinski definition) is 3. The van der Waals surface area contributed by atoms with Crippen molar-refractivity contribution in [2.75, 3.05) is 6.54 Å². The Kier molecular flexibility index (Phi) is 4.01. The van der Waals surface area contributed by atoms with Crippen molar-refractivity contribution in [3.63, 3.8) is 0 Å². The van der Waals surface area contributed by atoms with Crippen LogP contribution in [0.4, 0.5) is 0 Å². The van der Waals surface area contributed by atoms with Gasteiger partial charge in [-0.05, 0) is 19.1 Å². The quantitative estimate of drug-likeness (QED) is 0.786. The van der Waals surface area contributed by atoms with Gasteiger partial charge in [-0.15, -0.1) is 11.3 Å².